The molecule has 1 N–H and O–H groups in total. The van der Waals surface area contributed by atoms with Crippen molar-refractivity contribution in [2.45, 2.75) is 27.3 Å². The monoisotopic (exact) mass is 386 g/mol. The average molecular weight is 387 g/mol. The first-order valence-corrected chi connectivity index (χ1v) is 8.74. The number of aromatic hydroxyl groups is 1. The molecule has 0 aliphatic heterocycles. The fourth-order valence-electron chi connectivity index (χ4n) is 2.83. The minimum Gasteiger partial charge on any atom is -0.503 e. The normalized spacial score (nSPS) is 11.7. The number of pyridine rings is 1. The molecule has 0 bridgehead atoms. The third-order valence-electron chi connectivity index (χ3n) is 4.25. The smallest absolute Gasteiger partial charge is 0.279 e. The number of benzene rings is 1. The maximum Gasteiger partial charge on any atom is 0.279 e. The van der Waals surface area contributed by atoms with Crippen LogP contribution in [0.15, 0.2) is 52.4 Å². The zero-order chi connectivity index (χ0) is 19.9. The van der Waals surface area contributed by atoms with Crippen LogP contribution in [0.1, 0.15) is 36.7 Å². The number of rotatable bonds is 3. The standard InChI is InChI=1S/C20H19ClN2O4/c1-20(2,3)18(26)14-11-22-7-8-23(10-12-5-4-6-13(21)9-12)19(27)15(22)17(25)16(14)24/h4-9,11,25H,10H2,1-3H3. The maximum absolute atomic E-state index is 12.8. The van der Waals surface area contributed by atoms with Gasteiger partial charge in [0, 0.05) is 29.0 Å². The van der Waals surface area contributed by atoms with E-state index < -0.39 is 27.9 Å². The molecule has 0 aliphatic carbocycles. The third kappa shape index (κ3) is 3.53. The van der Waals surface area contributed by atoms with Crippen molar-refractivity contribution in [2.24, 2.45) is 5.41 Å². The van der Waals surface area contributed by atoms with E-state index in [1.807, 2.05) is 6.07 Å². The Labute approximate surface area is 160 Å². The second kappa shape index (κ2) is 6.70. The zero-order valence-corrected chi connectivity index (χ0v) is 15.9. The van der Waals surface area contributed by atoms with Gasteiger partial charge < -0.3 is 14.1 Å². The van der Waals surface area contributed by atoms with Crippen molar-refractivity contribution in [2.75, 3.05) is 0 Å². The van der Waals surface area contributed by atoms with Gasteiger partial charge in [0.1, 0.15) is 0 Å². The molecule has 2 heterocycles. The van der Waals surface area contributed by atoms with E-state index >= 15 is 0 Å². The van der Waals surface area contributed by atoms with Gasteiger partial charge >= 0.3 is 0 Å². The molecule has 0 radical (unpaired) electrons. The van der Waals surface area contributed by atoms with Crippen LogP contribution in [-0.4, -0.2) is 19.9 Å². The molecule has 3 aromatic rings. The molecule has 140 valence electrons. The van der Waals surface area contributed by atoms with Crippen LogP contribution in [0.25, 0.3) is 5.52 Å². The molecule has 1 aromatic carbocycles. The Bertz CT molecular complexity index is 1170. The maximum atomic E-state index is 12.8. The van der Waals surface area contributed by atoms with Gasteiger partial charge in [0.2, 0.25) is 5.43 Å². The minimum atomic E-state index is -0.840. The number of Topliss-reactive ketones (excluding diaryl/α,β-unsaturated/α-hetero) is 1. The van der Waals surface area contributed by atoms with E-state index in [-0.39, 0.29) is 17.6 Å². The highest BCUT2D eigenvalue weighted by Gasteiger charge is 2.27. The number of fused-ring (bicyclic) bond motifs is 1. The molecule has 0 aliphatic rings. The summed E-state index contributed by atoms with van der Waals surface area (Å²) in [7, 11) is 0. The molecule has 0 spiro atoms. The van der Waals surface area contributed by atoms with Crippen LogP contribution in [-0.2, 0) is 6.54 Å². The van der Waals surface area contributed by atoms with Gasteiger partial charge in [-0.15, -0.1) is 0 Å². The van der Waals surface area contributed by atoms with Crippen molar-refractivity contribution < 1.29 is 9.90 Å². The number of aromatic nitrogens is 2. The van der Waals surface area contributed by atoms with Crippen LogP contribution in [0.4, 0.5) is 0 Å². The number of halogens is 1. The van der Waals surface area contributed by atoms with Gasteiger partial charge in [0.15, 0.2) is 17.0 Å². The van der Waals surface area contributed by atoms with E-state index in [9.17, 15) is 19.5 Å². The highest BCUT2D eigenvalue weighted by molar-refractivity contribution is 6.30. The van der Waals surface area contributed by atoms with Crippen LogP contribution in [0.5, 0.6) is 5.75 Å². The summed E-state index contributed by atoms with van der Waals surface area (Å²) in [6.45, 7) is 5.28. The number of carbonyl (C=O) groups excluding carboxylic acids is 1. The molecule has 0 atom stereocenters. The van der Waals surface area contributed by atoms with Crippen molar-refractivity contribution in [3.63, 3.8) is 0 Å². The molecule has 0 fully saturated rings. The quantitative estimate of drug-likeness (QED) is 0.701. The second-order valence-corrected chi connectivity index (χ2v) is 7.85. The Hall–Kier alpha value is -2.86. The van der Waals surface area contributed by atoms with E-state index in [1.54, 1.807) is 39.0 Å². The van der Waals surface area contributed by atoms with Crippen LogP contribution in [0.2, 0.25) is 5.02 Å². The molecule has 3 rings (SSSR count). The van der Waals surface area contributed by atoms with Gasteiger partial charge in [-0.05, 0) is 17.7 Å². The van der Waals surface area contributed by atoms with Gasteiger partial charge in [-0.25, -0.2) is 0 Å². The number of hydrogen-bond acceptors (Lipinski definition) is 4. The third-order valence-corrected chi connectivity index (χ3v) is 4.48. The summed E-state index contributed by atoms with van der Waals surface area (Å²) in [6.07, 6.45) is 4.36. The number of nitrogens with zero attached hydrogens (tertiary/aromatic N) is 2. The molecule has 2 aromatic heterocycles. The molecular formula is C20H19ClN2O4. The largest absolute Gasteiger partial charge is 0.503 e. The predicted molar refractivity (Wildman–Crippen MR) is 104 cm³/mol. The van der Waals surface area contributed by atoms with Crippen molar-refractivity contribution >= 4 is 22.9 Å². The summed E-state index contributed by atoms with van der Waals surface area (Å²) in [5.74, 6) is -1.13. The highest BCUT2D eigenvalue weighted by Crippen LogP contribution is 2.21. The van der Waals surface area contributed by atoms with Gasteiger partial charge in [-0.2, -0.15) is 0 Å². The minimum absolute atomic E-state index is 0.149. The summed E-state index contributed by atoms with van der Waals surface area (Å²) < 4.78 is 2.68. The molecule has 0 unspecified atom stereocenters. The fraction of sp³-hybridized carbons (Fsp3) is 0.250. The van der Waals surface area contributed by atoms with Crippen LogP contribution < -0.4 is 11.0 Å². The molecule has 6 nitrogen and oxygen atoms in total. The summed E-state index contributed by atoms with van der Waals surface area (Å²) >= 11 is 5.97. The average Bonchev–Trinajstić information content (AvgIpc) is 2.59. The molecular weight excluding hydrogens is 368 g/mol. The number of ketones is 1. The van der Waals surface area contributed by atoms with E-state index in [0.717, 1.165) is 5.56 Å². The van der Waals surface area contributed by atoms with Gasteiger partial charge in [-0.3, -0.25) is 14.4 Å². The Balaban J connectivity index is 2.17. The van der Waals surface area contributed by atoms with E-state index in [2.05, 4.69) is 0 Å². The molecule has 7 heteroatoms. The molecule has 27 heavy (non-hydrogen) atoms. The van der Waals surface area contributed by atoms with E-state index in [1.165, 1.54) is 27.6 Å². The summed E-state index contributed by atoms with van der Waals surface area (Å²) in [5.41, 5.74) is -1.69. The lowest BCUT2D eigenvalue weighted by Crippen LogP contribution is -2.29. The predicted octanol–water partition coefficient (Wildman–Crippen LogP) is 3.10. The Morgan fingerprint density at radius 2 is 1.89 bits per heavy atom. The van der Waals surface area contributed by atoms with Crippen molar-refractivity contribution in [1.29, 1.82) is 0 Å². The van der Waals surface area contributed by atoms with Crippen molar-refractivity contribution in [3.8, 4) is 5.75 Å². The molecule has 0 saturated carbocycles. The first-order chi connectivity index (χ1) is 12.6. The summed E-state index contributed by atoms with van der Waals surface area (Å²) in [5, 5.41) is 10.9. The highest BCUT2D eigenvalue weighted by atomic mass is 35.5. The zero-order valence-electron chi connectivity index (χ0n) is 15.2. The van der Waals surface area contributed by atoms with Gasteiger partial charge in [-0.1, -0.05) is 44.5 Å². The lowest BCUT2D eigenvalue weighted by molar-refractivity contribution is 0.0856. The van der Waals surface area contributed by atoms with Gasteiger partial charge in [0.05, 0.1) is 12.1 Å². The first-order valence-electron chi connectivity index (χ1n) is 8.36. The Morgan fingerprint density at radius 1 is 1.19 bits per heavy atom. The fourth-order valence-corrected chi connectivity index (χ4v) is 3.04. The van der Waals surface area contributed by atoms with Crippen LogP contribution in [0.3, 0.4) is 0 Å². The van der Waals surface area contributed by atoms with E-state index in [0.29, 0.717) is 5.02 Å². The van der Waals surface area contributed by atoms with Crippen LogP contribution in [0, 0.1) is 5.41 Å². The van der Waals surface area contributed by atoms with E-state index in [4.69, 9.17) is 11.6 Å². The Morgan fingerprint density at radius 3 is 2.52 bits per heavy atom. The van der Waals surface area contributed by atoms with Gasteiger partial charge in [0.25, 0.3) is 5.56 Å². The lowest BCUT2D eigenvalue weighted by Gasteiger charge is -2.17. The first kappa shape index (κ1) is 18.9. The van der Waals surface area contributed by atoms with Crippen molar-refractivity contribution in [1.82, 2.24) is 8.97 Å². The SMILES string of the molecule is CC(C)(C)C(=O)c1cn2ccn(Cc3cccc(Cl)c3)c(=O)c2c(O)c1=O. The Kier molecular flexibility index (Phi) is 4.70. The van der Waals surface area contributed by atoms with Crippen molar-refractivity contribution in [3.05, 3.63) is 79.6 Å². The lowest BCUT2D eigenvalue weighted by atomic mass is 9.87. The van der Waals surface area contributed by atoms with Crippen LogP contribution >= 0.6 is 11.6 Å². The number of hydrogen-bond donors (Lipinski definition) is 1. The number of carbonyl (C=O) groups is 1. The topological polar surface area (TPSA) is 80.8 Å². The summed E-state index contributed by atoms with van der Waals surface area (Å²) in [4.78, 5) is 37.8. The molecule has 0 amide bonds. The second-order valence-electron chi connectivity index (χ2n) is 7.42. The molecule has 0 saturated heterocycles. The summed E-state index contributed by atoms with van der Waals surface area (Å²) in [6, 6.07) is 7.05.